The van der Waals surface area contributed by atoms with Gasteiger partial charge in [-0.15, -0.1) is 0 Å². The van der Waals surface area contributed by atoms with E-state index in [9.17, 15) is 0 Å². The smallest absolute Gasteiger partial charge is 0.0168 e. The monoisotopic (exact) mass is 239 g/mol. The Hall–Kier alpha value is 0.310. The highest BCUT2D eigenvalue weighted by atomic mass is 32.2. The third-order valence-corrected chi connectivity index (χ3v) is 7.32. The normalized spacial score (nSPS) is 50.1. The van der Waals surface area contributed by atoms with Crippen molar-refractivity contribution in [2.45, 2.75) is 58.5 Å². The Morgan fingerprint density at radius 3 is 2.50 bits per heavy atom. The predicted molar refractivity (Wildman–Crippen MR) is 71.9 cm³/mol. The van der Waals surface area contributed by atoms with Gasteiger partial charge in [-0.1, -0.05) is 20.8 Å². The highest BCUT2D eigenvalue weighted by Crippen LogP contribution is 2.65. The first kappa shape index (κ1) is 11.4. The van der Waals surface area contributed by atoms with Crippen molar-refractivity contribution in [3.63, 3.8) is 0 Å². The average molecular weight is 239 g/mol. The van der Waals surface area contributed by atoms with Crippen molar-refractivity contribution < 1.29 is 0 Å². The number of nitrogens with one attached hydrogen (secondary N) is 1. The molecular formula is C14H25NS. The highest BCUT2D eigenvalue weighted by Gasteiger charge is 2.61. The fourth-order valence-electron chi connectivity index (χ4n) is 4.41. The van der Waals surface area contributed by atoms with Crippen LogP contribution in [-0.4, -0.2) is 23.6 Å². The molecule has 2 saturated carbocycles. The van der Waals surface area contributed by atoms with Crippen molar-refractivity contribution >= 4 is 11.8 Å². The minimum atomic E-state index is 0.560. The second kappa shape index (κ2) is 3.65. The Kier molecular flexibility index (Phi) is 2.60. The summed E-state index contributed by atoms with van der Waals surface area (Å²) >= 11 is 2.12. The molecule has 3 aliphatic rings. The van der Waals surface area contributed by atoms with Crippen LogP contribution >= 0.6 is 11.8 Å². The van der Waals surface area contributed by atoms with Gasteiger partial charge in [0, 0.05) is 17.8 Å². The van der Waals surface area contributed by atoms with Gasteiger partial charge in [0.1, 0.15) is 0 Å². The molecule has 2 bridgehead atoms. The summed E-state index contributed by atoms with van der Waals surface area (Å²) in [6, 6.07) is 1.60. The van der Waals surface area contributed by atoms with E-state index in [0.717, 1.165) is 18.0 Å². The molecule has 16 heavy (non-hydrogen) atoms. The van der Waals surface area contributed by atoms with Crippen molar-refractivity contribution in [3.05, 3.63) is 0 Å². The lowest BCUT2D eigenvalue weighted by atomic mass is 9.69. The largest absolute Gasteiger partial charge is 0.310 e. The summed E-state index contributed by atoms with van der Waals surface area (Å²) in [4.78, 5) is 0. The van der Waals surface area contributed by atoms with Crippen molar-refractivity contribution in [3.8, 4) is 0 Å². The summed E-state index contributed by atoms with van der Waals surface area (Å²) in [5.41, 5.74) is 1.13. The molecule has 0 aromatic heterocycles. The molecule has 4 unspecified atom stereocenters. The molecule has 92 valence electrons. The van der Waals surface area contributed by atoms with Crippen molar-refractivity contribution in [2.24, 2.45) is 16.7 Å². The molecule has 1 saturated heterocycles. The summed E-state index contributed by atoms with van der Waals surface area (Å²) in [6.07, 6.45) is 5.75. The van der Waals surface area contributed by atoms with E-state index in [1.807, 2.05) is 0 Å². The van der Waals surface area contributed by atoms with Gasteiger partial charge in [-0.05, 0) is 48.2 Å². The zero-order chi connectivity index (χ0) is 11.4. The van der Waals surface area contributed by atoms with Crippen molar-refractivity contribution in [2.75, 3.05) is 11.5 Å². The summed E-state index contributed by atoms with van der Waals surface area (Å²) in [5.74, 6) is 3.69. The van der Waals surface area contributed by atoms with Crippen LogP contribution in [0.25, 0.3) is 0 Å². The van der Waals surface area contributed by atoms with Gasteiger partial charge in [0.2, 0.25) is 0 Å². The third-order valence-electron chi connectivity index (χ3n) is 6.16. The van der Waals surface area contributed by atoms with Gasteiger partial charge in [0.25, 0.3) is 0 Å². The Bertz CT molecular complexity index is 282. The first-order chi connectivity index (χ1) is 7.54. The molecule has 1 aliphatic heterocycles. The first-order valence-electron chi connectivity index (χ1n) is 6.88. The van der Waals surface area contributed by atoms with Gasteiger partial charge in [-0.2, -0.15) is 11.8 Å². The van der Waals surface area contributed by atoms with Crippen molar-refractivity contribution in [1.29, 1.82) is 0 Å². The van der Waals surface area contributed by atoms with Crippen LogP contribution in [0.15, 0.2) is 0 Å². The Morgan fingerprint density at radius 2 is 2.00 bits per heavy atom. The summed E-state index contributed by atoms with van der Waals surface area (Å²) < 4.78 is 0. The van der Waals surface area contributed by atoms with Gasteiger partial charge in [0.05, 0.1) is 0 Å². The molecule has 3 rings (SSSR count). The fraction of sp³-hybridized carbons (Fsp3) is 1.00. The standard InChI is InChI=1S/C14H25NS/c1-13(2)10-4-6-14(13,3)12(8-10)15-11-5-7-16-9-11/h10-12,15H,4-9H2,1-3H3. The van der Waals surface area contributed by atoms with E-state index in [2.05, 4.69) is 37.8 Å². The maximum Gasteiger partial charge on any atom is 0.0168 e. The van der Waals surface area contributed by atoms with Crippen LogP contribution in [0.1, 0.15) is 46.5 Å². The number of fused-ring (bicyclic) bond motifs is 2. The predicted octanol–water partition coefficient (Wildman–Crippen LogP) is 3.30. The van der Waals surface area contributed by atoms with E-state index in [4.69, 9.17) is 0 Å². The molecule has 1 nitrogen and oxygen atoms in total. The van der Waals surface area contributed by atoms with Gasteiger partial charge >= 0.3 is 0 Å². The third kappa shape index (κ3) is 1.42. The first-order valence-corrected chi connectivity index (χ1v) is 8.03. The lowest BCUT2D eigenvalue weighted by Gasteiger charge is -2.40. The van der Waals surface area contributed by atoms with Crippen LogP contribution < -0.4 is 5.32 Å². The molecular weight excluding hydrogens is 214 g/mol. The van der Waals surface area contributed by atoms with Gasteiger partial charge in [-0.3, -0.25) is 0 Å². The molecule has 2 aliphatic carbocycles. The number of rotatable bonds is 2. The lowest BCUT2D eigenvalue weighted by Crippen LogP contribution is -2.48. The van der Waals surface area contributed by atoms with E-state index in [1.54, 1.807) is 0 Å². The fourth-order valence-corrected chi connectivity index (χ4v) is 5.57. The molecule has 4 atom stereocenters. The van der Waals surface area contributed by atoms with E-state index in [1.165, 1.54) is 37.2 Å². The molecule has 0 radical (unpaired) electrons. The summed E-state index contributed by atoms with van der Waals surface area (Å²) in [5, 5.41) is 3.98. The maximum absolute atomic E-state index is 3.98. The van der Waals surface area contributed by atoms with E-state index in [-0.39, 0.29) is 0 Å². The van der Waals surface area contributed by atoms with Crippen LogP contribution in [0, 0.1) is 16.7 Å². The zero-order valence-corrected chi connectivity index (χ0v) is 11.7. The molecule has 0 spiro atoms. The number of hydrogen-bond acceptors (Lipinski definition) is 2. The van der Waals surface area contributed by atoms with Crippen LogP contribution in [0.2, 0.25) is 0 Å². The van der Waals surface area contributed by atoms with Gasteiger partial charge < -0.3 is 5.32 Å². The summed E-state index contributed by atoms with van der Waals surface area (Å²) in [7, 11) is 0. The average Bonchev–Trinajstić information content (AvgIpc) is 2.84. The Labute approximate surface area is 104 Å². The van der Waals surface area contributed by atoms with Crippen LogP contribution in [0.3, 0.4) is 0 Å². The van der Waals surface area contributed by atoms with E-state index < -0.39 is 0 Å². The Morgan fingerprint density at radius 1 is 1.19 bits per heavy atom. The molecule has 0 aromatic carbocycles. The maximum atomic E-state index is 3.98. The van der Waals surface area contributed by atoms with E-state index >= 15 is 0 Å². The number of hydrogen-bond donors (Lipinski definition) is 1. The lowest BCUT2D eigenvalue weighted by molar-refractivity contribution is 0.116. The molecule has 1 N–H and O–H groups in total. The van der Waals surface area contributed by atoms with E-state index in [0.29, 0.717) is 10.8 Å². The second-order valence-electron chi connectivity index (χ2n) is 6.89. The van der Waals surface area contributed by atoms with Crippen molar-refractivity contribution in [1.82, 2.24) is 5.32 Å². The van der Waals surface area contributed by atoms with Crippen LogP contribution in [0.4, 0.5) is 0 Å². The molecule has 0 amide bonds. The molecule has 1 heterocycles. The molecule has 0 aromatic rings. The Balaban J connectivity index is 1.74. The van der Waals surface area contributed by atoms with Gasteiger partial charge in [-0.25, -0.2) is 0 Å². The highest BCUT2D eigenvalue weighted by molar-refractivity contribution is 7.99. The zero-order valence-electron chi connectivity index (χ0n) is 10.9. The summed E-state index contributed by atoms with van der Waals surface area (Å²) in [6.45, 7) is 7.56. The minimum Gasteiger partial charge on any atom is -0.310 e. The quantitative estimate of drug-likeness (QED) is 0.793. The topological polar surface area (TPSA) is 12.0 Å². The number of thioether (sulfide) groups is 1. The van der Waals surface area contributed by atoms with Gasteiger partial charge in [0.15, 0.2) is 0 Å². The van der Waals surface area contributed by atoms with Crippen LogP contribution in [-0.2, 0) is 0 Å². The molecule has 3 fully saturated rings. The SMILES string of the molecule is CC1(C)C2CCC1(C)C(NC1CCSC1)C2. The van der Waals surface area contributed by atoms with Crippen LogP contribution in [0.5, 0.6) is 0 Å². The second-order valence-corrected chi connectivity index (χ2v) is 8.04. The minimum absolute atomic E-state index is 0.560. The molecule has 2 heteroatoms.